The van der Waals surface area contributed by atoms with Crippen LogP contribution in [0.1, 0.15) is 22.3 Å². The van der Waals surface area contributed by atoms with Crippen LogP contribution in [-0.4, -0.2) is 0 Å². The van der Waals surface area contributed by atoms with Crippen LogP contribution in [0.3, 0.4) is 0 Å². The quantitative estimate of drug-likeness (QED) is 0.0936. The largest absolute Gasteiger partial charge is 0.0702 e. The molecule has 0 atom stereocenters. The summed E-state index contributed by atoms with van der Waals surface area (Å²) in [5, 5.41) is 74.2. The summed E-state index contributed by atoms with van der Waals surface area (Å²) in [5.74, 6) is 0. The molecule has 32 aromatic rings. The van der Waals surface area contributed by atoms with Gasteiger partial charge in [-0.05, 0) is 348 Å². The van der Waals surface area contributed by atoms with Crippen molar-refractivity contribution in [3.05, 3.63) is 338 Å². The van der Waals surface area contributed by atoms with Gasteiger partial charge >= 0.3 is 0 Å². The lowest BCUT2D eigenvalue weighted by molar-refractivity contribution is 0.751. The maximum atomic E-state index is 2.69. The normalized spacial score (nSPS) is 13.7. The second kappa shape index (κ2) is 18.2. The Morgan fingerprint density at radius 2 is 0.195 bits per heavy atom. The molecule has 0 heterocycles. The van der Waals surface area contributed by atoms with E-state index in [0.29, 0.717) is 0 Å². The van der Waals surface area contributed by atoms with Gasteiger partial charge in [-0.3, -0.25) is 0 Å². The molecule has 504 valence electrons. The van der Waals surface area contributed by atoms with Crippen molar-refractivity contribution in [3.63, 3.8) is 0 Å². The van der Waals surface area contributed by atoms with Crippen molar-refractivity contribution < 1.29 is 0 Å². The van der Waals surface area contributed by atoms with E-state index in [-0.39, 0.29) is 0 Å². The molecule has 0 amide bonds. The SMILES string of the molecule is c1cc2c(cc1C(c1ccc3c(c1)c1ccc4ccc5ccc6ccc7ccc3c3c7c6c5c4c13)(c1ccc3c(c1)c1ccc4ccc5ccc6ccc7ccc3c3c7c6c5c4c13)c1ccc3c(c1)c1ccc4ccc5ccc6ccc7ccc3c3c7c6c5c4c13)c1ccc3ccc4ccc5ccc6ccc2c2c6c5c4c3c12. The number of hydrogen-bond acceptors (Lipinski definition) is 0. The van der Waals surface area contributed by atoms with Crippen molar-refractivity contribution in [1.29, 1.82) is 0 Å². The maximum absolute atomic E-state index is 2.69. The molecule has 32 aromatic carbocycles. The molecule has 0 aliphatic carbocycles. The monoisotopic (exact) mass is 1410 g/mol. The Kier molecular flexibility index (Phi) is 8.96. The van der Waals surface area contributed by atoms with E-state index in [2.05, 4.69) is 315 Å². The lowest BCUT2D eigenvalue weighted by atomic mass is 9.63. The Morgan fingerprint density at radius 3 is 0.336 bits per heavy atom. The zero-order chi connectivity index (χ0) is 71.9. The van der Waals surface area contributed by atoms with Gasteiger partial charge in [-0.25, -0.2) is 0 Å². The summed E-state index contributed by atoms with van der Waals surface area (Å²) in [6.07, 6.45) is 0. The Hall–Kier alpha value is -14.6. The van der Waals surface area contributed by atoms with Crippen molar-refractivity contribution in [2.24, 2.45) is 0 Å². The van der Waals surface area contributed by atoms with Crippen LogP contribution in [0.4, 0.5) is 0 Å². The highest BCUT2D eigenvalue weighted by Crippen LogP contribution is 2.60. The predicted molar refractivity (Wildman–Crippen MR) is 489 cm³/mol. The van der Waals surface area contributed by atoms with Gasteiger partial charge in [-0.2, -0.15) is 0 Å². The summed E-state index contributed by atoms with van der Waals surface area (Å²) in [5.41, 5.74) is 3.90. The molecule has 0 N–H and O–H groups in total. The van der Waals surface area contributed by atoms with Crippen LogP contribution >= 0.6 is 0 Å². The van der Waals surface area contributed by atoms with Gasteiger partial charge in [-0.15, -0.1) is 0 Å². The first-order valence-electron chi connectivity index (χ1n) is 40.2. The van der Waals surface area contributed by atoms with Gasteiger partial charge in [0.15, 0.2) is 0 Å². The molecule has 0 aromatic heterocycles. The van der Waals surface area contributed by atoms with Gasteiger partial charge in [-0.1, -0.05) is 291 Å². The third-order valence-corrected chi connectivity index (χ3v) is 29.7. The summed E-state index contributed by atoms with van der Waals surface area (Å²) in [6.45, 7) is 0. The van der Waals surface area contributed by atoms with Crippen molar-refractivity contribution >= 4 is 302 Å². The second-order valence-electron chi connectivity index (χ2n) is 34.1. The highest BCUT2D eigenvalue weighted by atomic mass is 14.4. The van der Waals surface area contributed by atoms with Gasteiger partial charge in [0.2, 0.25) is 0 Å². The zero-order valence-electron chi connectivity index (χ0n) is 60.5. The molecule has 113 heavy (non-hydrogen) atoms. The minimum atomic E-state index is -1.00. The summed E-state index contributed by atoms with van der Waals surface area (Å²) < 4.78 is 0. The maximum Gasteiger partial charge on any atom is 0.0702 e. The van der Waals surface area contributed by atoms with Crippen LogP contribution in [-0.2, 0) is 5.41 Å². The molecular weight excluding hydrogens is 1360 g/mol. The highest BCUT2D eigenvalue weighted by Gasteiger charge is 2.42. The van der Waals surface area contributed by atoms with E-state index in [1.807, 2.05) is 0 Å². The highest BCUT2D eigenvalue weighted by molar-refractivity contribution is 6.53. The van der Waals surface area contributed by atoms with Gasteiger partial charge in [0.25, 0.3) is 0 Å². The van der Waals surface area contributed by atoms with Crippen molar-refractivity contribution in [3.8, 4) is 0 Å². The molecular formula is C113H52. The molecule has 0 unspecified atom stereocenters. The van der Waals surface area contributed by atoms with E-state index in [0.717, 1.165) is 0 Å². The Morgan fingerprint density at radius 1 is 0.0885 bits per heavy atom. The first-order chi connectivity index (χ1) is 56.0. The first kappa shape index (κ1) is 55.8. The second-order valence-corrected chi connectivity index (χ2v) is 34.1. The molecule has 0 bridgehead atoms. The van der Waals surface area contributed by atoms with Crippen LogP contribution in [0.25, 0.3) is 302 Å². The van der Waals surface area contributed by atoms with E-state index in [1.54, 1.807) is 0 Å². The fraction of sp³-hybridized carbons (Fsp3) is 0.00885. The average Bonchev–Trinajstić information content (AvgIpc) is 0.688. The molecule has 0 aliphatic rings. The van der Waals surface area contributed by atoms with Gasteiger partial charge in [0.1, 0.15) is 0 Å². The van der Waals surface area contributed by atoms with Crippen LogP contribution in [0.5, 0.6) is 0 Å². The van der Waals surface area contributed by atoms with Crippen LogP contribution in [0.15, 0.2) is 315 Å². The molecule has 0 radical (unpaired) electrons. The molecule has 0 fully saturated rings. The van der Waals surface area contributed by atoms with Gasteiger partial charge in [0, 0.05) is 0 Å². The fourth-order valence-corrected chi connectivity index (χ4v) is 25.3. The lowest BCUT2D eigenvalue weighted by Crippen LogP contribution is -2.31. The average molecular weight is 1410 g/mol. The van der Waals surface area contributed by atoms with Crippen LogP contribution in [0.2, 0.25) is 0 Å². The number of rotatable bonds is 4. The molecule has 0 nitrogen and oxygen atoms in total. The van der Waals surface area contributed by atoms with Crippen molar-refractivity contribution in [2.75, 3.05) is 0 Å². The zero-order valence-corrected chi connectivity index (χ0v) is 60.5. The molecule has 0 aliphatic heterocycles. The van der Waals surface area contributed by atoms with E-state index < -0.39 is 5.41 Å². The van der Waals surface area contributed by atoms with Crippen molar-refractivity contribution in [1.82, 2.24) is 0 Å². The fourth-order valence-electron chi connectivity index (χ4n) is 25.3. The summed E-state index contributed by atoms with van der Waals surface area (Å²) in [7, 11) is 0. The van der Waals surface area contributed by atoms with Crippen LogP contribution in [0, 0.1) is 0 Å². The van der Waals surface area contributed by atoms with Gasteiger partial charge in [0.05, 0.1) is 5.41 Å². The minimum absolute atomic E-state index is 1.00. The Bertz CT molecular complexity index is 8820. The lowest BCUT2D eigenvalue weighted by Gasteiger charge is -2.38. The molecule has 32 rings (SSSR count). The van der Waals surface area contributed by atoms with Crippen LogP contribution < -0.4 is 0 Å². The first-order valence-corrected chi connectivity index (χ1v) is 40.2. The summed E-state index contributed by atoms with van der Waals surface area (Å²) in [4.78, 5) is 0. The molecule has 0 saturated heterocycles. The van der Waals surface area contributed by atoms with E-state index in [9.17, 15) is 0 Å². The molecule has 0 saturated carbocycles. The molecule has 0 heteroatoms. The third kappa shape index (κ3) is 5.97. The number of fused-ring (bicyclic) bond motifs is 12. The van der Waals surface area contributed by atoms with Crippen molar-refractivity contribution in [2.45, 2.75) is 5.41 Å². The Labute approximate surface area is 640 Å². The molecule has 0 spiro atoms. The minimum Gasteiger partial charge on any atom is -0.0568 e. The predicted octanol–water partition coefficient (Wildman–Crippen LogP) is 31.6. The van der Waals surface area contributed by atoms with E-state index in [1.165, 1.54) is 324 Å². The van der Waals surface area contributed by atoms with Gasteiger partial charge < -0.3 is 0 Å². The topological polar surface area (TPSA) is 0 Å². The third-order valence-electron chi connectivity index (χ3n) is 29.7. The van der Waals surface area contributed by atoms with E-state index >= 15 is 0 Å². The summed E-state index contributed by atoms with van der Waals surface area (Å²) in [6, 6.07) is 127. The van der Waals surface area contributed by atoms with E-state index in [4.69, 9.17) is 0 Å². The number of benzene rings is 32. The smallest absolute Gasteiger partial charge is 0.0568 e. The number of hydrogen-bond donors (Lipinski definition) is 0. The standard InChI is InChI=1S/C113H52/c1-5-57-13-21-65-29-41-81-85-49-69(33-45-73(85)77-37-25-61-17-9-53(1)89-93(57)101(65)109(81)105(77)97(61)89)113(70-34-46-74-78-38-26-62-18-10-54-2-6-58-14-22-66-30-42-82(86(74)50-70)110-102(66)94(58)90(54)98(62)106(78)110,71-35-47-75-79-39-27-63-19-11-55-3-7-59-15-23-67-31-43-83(87(75)51-71)111-103(67)95(59)91(55)99(63)107(79)111)72-36-48-76-80-40-28-64-20-12-56-4-8-60-16-24-68-32-44-84(88(76)52-72)112-104(68)96(60)92(56)100(64)108(80)112/h1-52H. The summed E-state index contributed by atoms with van der Waals surface area (Å²) >= 11 is 0. The Balaban J connectivity index is 0.792.